The Kier molecular flexibility index (Phi) is 6.26. The monoisotopic (exact) mass is 454 g/mol. The topological polar surface area (TPSA) is 45.9 Å². The van der Waals surface area contributed by atoms with Gasteiger partial charge in [-0.25, -0.2) is 0 Å². The summed E-state index contributed by atoms with van der Waals surface area (Å²) in [6, 6.07) is 23.6. The molecule has 2 heterocycles. The zero-order chi connectivity index (χ0) is 23.5. The highest BCUT2D eigenvalue weighted by atomic mass is 16.5. The van der Waals surface area contributed by atoms with Crippen LogP contribution in [0.4, 0.5) is 11.4 Å². The number of hydrogen-bond acceptors (Lipinski definition) is 5. The molecule has 1 aliphatic rings. The normalized spacial score (nSPS) is 13.1. The molecule has 0 N–H and O–H groups in total. The largest absolute Gasteiger partial charge is 0.469 e. The molecule has 0 saturated carbocycles. The Morgan fingerprint density at radius 3 is 2.74 bits per heavy atom. The number of carbonyl (C=O) groups is 1. The van der Waals surface area contributed by atoms with Crippen molar-refractivity contribution < 1.29 is 13.9 Å². The molecule has 5 rings (SSSR count). The van der Waals surface area contributed by atoms with Gasteiger partial charge in [0, 0.05) is 55.1 Å². The van der Waals surface area contributed by atoms with Gasteiger partial charge in [0.2, 0.25) is 0 Å². The fourth-order valence-corrected chi connectivity index (χ4v) is 4.93. The van der Waals surface area contributed by atoms with Gasteiger partial charge in [-0.2, -0.15) is 0 Å². The fourth-order valence-electron chi connectivity index (χ4n) is 4.93. The van der Waals surface area contributed by atoms with Crippen LogP contribution < -0.4 is 9.80 Å². The number of para-hydroxylation sites is 1. The molecular weight excluding hydrogens is 424 g/mol. The SMILES string of the molecule is COC(=O)Cc1coc2cc(N(C)Cc3cccc4c3N(Cc3ccccc3)CCC4)ccc12. The van der Waals surface area contributed by atoms with Crippen LogP contribution in [0, 0.1) is 0 Å². The third kappa shape index (κ3) is 4.51. The first-order chi connectivity index (χ1) is 16.6. The molecule has 5 nitrogen and oxygen atoms in total. The van der Waals surface area contributed by atoms with Crippen LogP contribution in [0.25, 0.3) is 11.0 Å². The quantitative estimate of drug-likeness (QED) is 0.333. The summed E-state index contributed by atoms with van der Waals surface area (Å²) < 4.78 is 10.6. The molecule has 0 saturated heterocycles. The summed E-state index contributed by atoms with van der Waals surface area (Å²) in [5, 5.41) is 0.952. The summed E-state index contributed by atoms with van der Waals surface area (Å²) in [4.78, 5) is 16.5. The van der Waals surface area contributed by atoms with Crippen molar-refractivity contribution in [1.82, 2.24) is 0 Å². The fraction of sp³-hybridized carbons (Fsp3) is 0.276. The molecule has 1 aromatic heterocycles. The van der Waals surface area contributed by atoms with Crippen LogP contribution >= 0.6 is 0 Å². The van der Waals surface area contributed by atoms with Crippen molar-refractivity contribution in [1.29, 1.82) is 0 Å². The first-order valence-corrected chi connectivity index (χ1v) is 11.8. The lowest BCUT2D eigenvalue weighted by Gasteiger charge is -2.34. The summed E-state index contributed by atoms with van der Waals surface area (Å²) in [5.41, 5.74) is 8.19. The highest BCUT2D eigenvalue weighted by Gasteiger charge is 2.21. The second-order valence-electron chi connectivity index (χ2n) is 8.99. The van der Waals surface area contributed by atoms with Gasteiger partial charge < -0.3 is 19.0 Å². The summed E-state index contributed by atoms with van der Waals surface area (Å²) in [6.45, 7) is 2.80. The van der Waals surface area contributed by atoms with Crippen LogP contribution in [0.2, 0.25) is 0 Å². The average Bonchev–Trinajstić information content (AvgIpc) is 3.26. The number of nitrogens with zero attached hydrogens (tertiary/aromatic N) is 2. The second-order valence-corrected chi connectivity index (χ2v) is 8.99. The Bertz CT molecular complexity index is 1300. The number of aryl methyl sites for hydroxylation is 1. The average molecular weight is 455 g/mol. The van der Waals surface area contributed by atoms with E-state index >= 15 is 0 Å². The smallest absolute Gasteiger partial charge is 0.310 e. The van der Waals surface area contributed by atoms with Gasteiger partial charge in [0.05, 0.1) is 19.8 Å². The number of furan rings is 1. The predicted molar refractivity (Wildman–Crippen MR) is 136 cm³/mol. The van der Waals surface area contributed by atoms with Crippen LogP contribution in [0.5, 0.6) is 0 Å². The van der Waals surface area contributed by atoms with E-state index in [-0.39, 0.29) is 12.4 Å². The number of methoxy groups -OCH3 is 1. The van der Waals surface area contributed by atoms with E-state index in [0.29, 0.717) is 0 Å². The molecule has 34 heavy (non-hydrogen) atoms. The molecule has 174 valence electrons. The molecule has 4 aromatic rings. The van der Waals surface area contributed by atoms with Crippen LogP contribution in [0.15, 0.2) is 77.4 Å². The number of fused-ring (bicyclic) bond motifs is 2. The molecule has 5 heteroatoms. The zero-order valence-electron chi connectivity index (χ0n) is 19.8. The number of benzene rings is 3. The van der Waals surface area contributed by atoms with Gasteiger partial charge in [0.1, 0.15) is 5.58 Å². The molecular formula is C29H30N2O3. The van der Waals surface area contributed by atoms with Crippen molar-refractivity contribution in [3.05, 3.63) is 95.2 Å². The Morgan fingerprint density at radius 1 is 1.06 bits per heavy atom. The lowest BCUT2D eigenvalue weighted by atomic mass is 9.96. The summed E-state index contributed by atoms with van der Waals surface area (Å²) in [5.74, 6) is -0.266. The maximum atomic E-state index is 11.7. The molecule has 0 amide bonds. The number of hydrogen-bond donors (Lipinski definition) is 0. The number of ether oxygens (including phenoxy) is 1. The van der Waals surface area contributed by atoms with Gasteiger partial charge >= 0.3 is 5.97 Å². The van der Waals surface area contributed by atoms with E-state index in [9.17, 15) is 4.79 Å². The summed E-state index contributed by atoms with van der Waals surface area (Å²) >= 11 is 0. The number of anilines is 2. The van der Waals surface area contributed by atoms with Gasteiger partial charge in [-0.1, -0.05) is 48.5 Å². The first kappa shape index (κ1) is 22.1. The van der Waals surface area contributed by atoms with Crippen molar-refractivity contribution in [3.8, 4) is 0 Å². The van der Waals surface area contributed by atoms with E-state index in [1.54, 1.807) is 6.26 Å². The minimum absolute atomic E-state index is 0.214. The summed E-state index contributed by atoms with van der Waals surface area (Å²) in [7, 11) is 3.52. The number of rotatable bonds is 7. The van der Waals surface area contributed by atoms with Crippen molar-refractivity contribution >= 4 is 28.3 Å². The first-order valence-electron chi connectivity index (χ1n) is 11.8. The van der Waals surface area contributed by atoms with Gasteiger partial charge in [-0.15, -0.1) is 0 Å². The predicted octanol–water partition coefficient (Wildman–Crippen LogP) is 5.74. The second kappa shape index (κ2) is 9.64. The third-order valence-electron chi connectivity index (χ3n) is 6.66. The molecule has 0 bridgehead atoms. The van der Waals surface area contributed by atoms with E-state index < -0.39 is 0 Å². The van der Waals surface area contributed by atoms with E-state index in [2.05, 4.69) is 71.4 Å². The van der Waals surface area contributed by atoms with E-state index in [0.717, 1.165) is 48.3 Å². The standard InChI is InChI=1S/C29H30N2O3/c1-30(25-13-14-26-24(16-28(32)33-2)20-34-27(26)17-25)19-23-11-6-10-22-12-7-15-31(29(22)23)18-21-8-4-3-5-9-21/h3-6,8-11,13-14,17,20H,7,12,15-16,18-19H2,1-2H3. The van der Waals surface area contributed by atoms with Gasteiger partial charge in [0.15, 0.2) is 0 Å². The summed E-state index contributed by atoms with van der Waals surface area (Å²) in [6.07, 6.45) is 4.17. The maximum Gasteiger partial charge on any atom is 0.310 e. The van der Waals surface area contributed by atoms with Crippen molar-refractivity contribution in [3.63, 3.8) is 0 Å². The molecule has 0 aliphatic carbocycles. The number of esters is 1. The van der Waals surface area contributed by atoms with Gasteiger partial charge in [-0.3, -0.25) is 4.79 Å². The van der Waals surface area contributed by atoms with Gasteiger partial charge in [0.25, 0.3) is 0 Å². The Morgan fingerprint density at radius 2 is 1.91 bits per heavy atom. The van der Waals surface area contributed by atoms with Crippen LogP contribution in [0.3, 0.4) is 0 Å². The molecule has 0 radical (unpaired) electrons. The van der Waals surface area contributed by atoms with E-state index in [1.807, 2.05) is 12.1 Å². The number of carbonyl (C=O) groups excluding carboxylic acids is 1. The highest BCUT2D eigenvalue weighted by Crippen LogP contribution is 2.34. The van der Waals surface area contributed by atoms with Crippen LogP contribution in [-0.2, 0) is 35.5 Å². The zero-order valence-corrected chi connectivity index (χ0v) is 19.8. The van der Waals surface area contributed by atoms with Crippen LogP contribution in [0.1, 0.15) is 28.7 Å². The van der Waals surface area contributed by atoms with Crippen molar-refractivity contribution in [2.75, 3.05) is 30.5 Å². The van der Waals surface area contributed by atoms with Crippen LogP contribution in [-0.4, -0.2) is 26.7 Å². The third-order valence-corrected chi connectivity index (χ3v) is 6.66. The molecule has 0 fully saturated rings. The molecule has 3 aromatic carbocycles. The molecule has 1 aliphatic heterocycles. The van der Waals surface area contributed by atoms with Crippen molar-refractivity contribution in [2.45, 2.75) is 32.4 Å². The van der Waals surface area contributed by atoms with Gasteiger partial charge in [-0.05, 0) is 41.7 Å². The lowest BCUT2D eigenvalue weighted by molar-refractivity contribution is -0.139. The van der Waals surface area contributed by atoms with Crippen molar-refractivity contribution in [2.24, 2.45) is 0 Å². The minimum Gasteiger partial charge on any atom is -0.469 e. The van der Waals surface area contributed by atoms with E-state index in [4.69, 9.17) is 9.15 Å². The minimum atomic E-state index is -0.266. The molecule has 0 unspecified atom stereocenters. The maximum absolute atomic E-state index is 11.7. The Balaban J connectivity index is 1.39. The Hall–Kier alpha value is -3.73. The van der Waals surface area contributed by atoms with E-state index in [1.165, 1.54) is 35.9 Å². The lowest BCUT2D eigenvalue weighted by Crippen LogP contribution is -2.31. The molecule has 0 atom stereocenters. The Labute approximate surface area is 200 Å². The highest BCUT2D eigenvalue weighted by molar-refractivity contribution is 5.88. The molecule has 0 spiro atoms.